The van der Waals surface area contributed by atoms with Gasteiger partial charge in [-0.1, -0.05) is 20.8 Å². The van der Waals surface area contributed by atoms with Crippen molar-refractivity contribution in [3.8, 4) is 0 Å². The van der Waals surface area contributed by atoms with E-state index in [2.05, 4.69) is 37.9 Å². The number of piperidine rings is 2. The summed E-state index contributed by atoms with van der Waals surface area (Å²) in [4.78, 5) is 30.4. The number of hydrogen-bond donors (Lipinski definition) is 1. The maximum absolute atomic E-state index is 13.4. The van der Waals surface area contributed by atoms with E-state index in [-0.39, 0.29) is 59.0 Å². The molecule has 0 aromatic rings. The molecule has 2 heterocycles. The normalized spacial score (nSPS) is 35.9. The van der Waals surface area contributed by atoms with Crippen molar-refractivity contribution in [3.63, 3.8) is 0 Å². The summed E-state index contributed by atoms with van der Waals surface area (Å²) in [5.74, 6) is 0.0802. The van der Waals surface area contributed by atoms with Crippen LogP contribution in [0.5, 0.6) is 0 Å². The molecular weight excluding hydrogens is 488 g/mol. The van der Waals surface area contributed by atoms with Gasteiger partial charge in [-0.05, 0) is 57.4 Å². The van der Waals surface area contributed by atoms with Crippen LogP contribution in [0, 0.1) is 23.7 Å². The number of halogens is 1. The minimum atomic E-state index is -3.16. The van der Waals surface area contributed by atoms with Crippen LogP contribution in [0.3, 0.4) is 0 Å². The number of rotatable bonds is 7. The molecule has 3 rings (SSSR count). The van der Waals surface area contributed by atoms with E-state index < -0.39 is 10.0 Å². The molecule has 2 amide bonds. The first-order valence-corrected chi connectivity index (χ1v) is 15.5. The highest BCUT2D eigenvalue weighted by atomic mass is 35.5. The maximum Gasteiger partial charge on any atom is 0.227 e. The van der Waals surface area contributed by atoms with Gasteiger partial charge in [-0.25, -0.2) is 12.7 Å². The third-order valence-corrected chi connectivity index (χ3v) is 10.6. The maximum atomic E-state index is 13.4. The largest absolute Gasteiger partial charge is 0.355 e. The highest BCUT2D eigenvalue weighted by molar-refractivity contribution is 7.88. The molecule has 8 nitrogen and oxygen atoms in total. The van der Waals surface area contributed by atoms with Gasteiger partial charge in [0.05, 0.1) is 12.2 Å². The van der Waals surface area contributed by atoms with Crippen molar-refractivity contribution in [2.45, 2.75) is 83.3 Å². The standard InChI is InChI=1S/C25H45ClN4O4S/c1-7-30(20-8-10-29(11-9-20)35(6,33)34)23-14-19(26)13-21(18(23)4)24(31)27-15-22-16(2)12-17(3)28(5)25(22)32/h16-23H,7-15H2,1-6H3,(H,27,31). The second kappa shape index (κ2) is 11.7. The summed E-state index contributed by atoms with van der Waals surface area (Å²) in [5.41, 5.74) is 0. The van der Waals surface area contributed by atoms with Crippen molar-refractivity contribution < 1.29 is 18.0 Å². The fourth-order valence-electron chi connectivity index (χ4n) is 6.60. The predicted octanol–water partition coefficient (Wildman–Crippen LogP) is 2.37. The fraction of sp³-hybridized carbons (Fsp3) is 0.920. The van der Waals surface area contributed by atoms with Crippen molar-refractivity contribution in [3.05, 3.63) is 0 Å². The number of hydrogen-bond acceptors (Lipinski definition) is 5. The van der Waals surface area contributed by atoms with E-state index in [9.17, 15) is 18.0 Å². The molecule has 35 heavy (non-hydrogen) atoms. The lowest BCUT2D eigenvalue weighted by Gasteiger charge is -2.48. The molecule has 0 aromatic heterocycles. The zero-order valence-electron chi connectivity index (χ0n) is 22.2. The topological polar surface area (TPSA) is 90.0 Å². The molecule has 7 unspecified atom stereocenters. The first-order chi connectivity index (χ1) is 16.3. The molecule has 0 bridgehead atoms. The number of amides is 2. The van der Waals surface area contributed by atoms with E-state index in [1.165, 1.54) is 6.26 Å². The van der Waals surface area contributed by atoms with Crippen LogP contribution in [0.1, 0.15) is 59.8 Å². The second-order valence-corrected chi connectivity index (χ2v) is 13.8. The number of alkyl halides is 1. The van der Waals surface area contributed by atoms with Gasteiger partial charge >= 0.3 is 0 Å². The monoisotopic (exact) mass is 532 g/mol. The third-order valence-electron chi connectivity index (χ3n) is 8.96. The summed E-state index contributed by atoms with van der Waals surface area (Å²) in [6, 6.07) is 0.684. The third kappa shape index (κ3) is 6.51. The van der Waals surface area contributed by atoms with Gasteiger partial charge in [0, 0.05) is 56.1 Å². The molecule has 0 radical (unpaired) electrons. The highest BCUT2D eigenvalue weighted by Crippen LogP contribution is 2.38. The first kappa shape index (κ1) is 28.7. The Kier molecular flexibility index (Phi) is 9.54. The van der Waals surface area contributed by atoms with Crippen molar-refractivity contribution in [2.24, 2.45) is 23.7 Å². The van der Waals surface area contributed by atoms with Crippen LogP contribution >= 0.6 is 11.6 Å². The summed E-state index contributed by atoms with van der Waals surface area (Å²) < 4.78 is 25.4. The Bertz CT molecular complexity index is 864. The summed E-state index contributed by atoms with van der Waals surface area (Å²) in [5, 5.41) is 3.03. The number of nitrogens with one attached hydrogen (secondary N) is 1. The molecular formula is C25H45ClN4O4S. The first-order valence-electron chi connectivity index (χ1n) is 13.2. The van der Waals surface area contributed by atoms with Gasteiger partial charge < -0.3 is 10.2 Å². The molecule has 202 valence electrons. The summed E-state index contributed by atoms with van der Waals surface area (Å²) in [6.07, 6.45) is 5.27. The van der Waals surface area contributed by atoms with E-state index in [4.69, 9.17) is 11.6 Å². The lowest BCUT2D eigenvalue weighted by Crippen LogP contribution is -2.56. The van der Waals surface area contributed by atoms with Crippen molar-refractivity contribution >= 4 is 33.4 Å². The average Bonchev–Trinajstić information content (AvgIpc) is 2.79. The summed E-state index contributed by atoms with van der Waals surface area (Å²) in [6.45, 7) is 10.7. The molecule has 1 aliphatic carbocycles. The van der Waals surface area contributed by atoms with Gasteiger partial charge in [-0.3, -0.25) is 14.5 Å². The van der Waals surface area contributed by atoms with Gasteiger partial charge in [0.15, 0.2) is 0 Å². The Hall–Kier alpha value is -0.900. The molecule has 3 fully saturated rings. The molecule has 0 spiro atoms. The molecule has 0 aromatic carbocycles. The van der Waals surface area contributed by atoms with Gasteiger partial charge in [0.2, 0.25) is 21.8 Å². The molecule has 7 atom stereocenters. The Morgan fingerprint density at radius 2 is 1.77 bits per heavy atom. The smallest absolute Gasteiger partial charge is 0.227 e. The lowest BCUT2D eigenvalue weighted by molar-refractivity contribution is -0.142. The zero-order valence-corrected chi connectivity index (χ0v) is 23.8. The van der Waals surface area contributed by atoms with Crippen LogP contribution in [-0.2, 0) is 19.6 Å². The number of carbonyl (C=O) groups is 2. The van der Waals surface area contributed by atoms with E-state index in [1.54, 1.807) is 9.21 Å². The van der Waals surface area contributed by atoms with Crippen molar-refractivity contribution in [2.75, 3.05) is 39.5 Å². The van der Waals surface area contributed by atoms with Gasteiger partial charge in [0.1, 0.15) is 0 Å². The molecule has 1 N–H and O–H groups in total. The molecule has 3 aliphatic rings. The van der Waals surface area contributed by atoms with Crippen LogP contribution in [0.2, 0.25) is 0 Å². The Labute approximate surface area is 217 Å². The van der Waals surface area contributed by atoms with E-state index in [0.29, 0.717) is 26.1 Å². The fourth-order valence-corrected chi connectivity index (χ4v) is 7.84. The summed E-state index contributed by atoms with van der Waals surface area (Å²) >= 11 is 6.71. The number of likely N-dealkylation sites (tertiary alicyclic amines) is 1. The van der Waals surface area contributed by atoms with E-state index >= 15 is 0 Å². The molecule has 2 saturated heterocycles. The van der Waals surface area contributed by atoms with Crippen LogP contribution in [0.15, 0.2) is 0 Å². The highest BCUT2D eigenvalue weighted by Gasteiger charge is 2.43. The molecule has 2 aliphatic heterocycles. The van der Waals surface area contributed by atoms with E-state index in [1.807, 2.05) is 7.05 Å². The quantitative estimate of drug-likeness (QED) is 0.508. The Balaban J connectivity index is 1.64. The van der Waals surface area contributed by atoms with Gasteiger partial charge in [-0.2, -0.15) is 0 Å². The van der Waals surface area contributed by atoms with Crippen LogP contribution < -0.4 is 5.32 Å². The average molecular weight is 533 g/mol. The number of nitrogens with zero attached hydrogens (tertiary/aromatic N) is 3. The Morgan fingerprint density at radius 3 is 2.34 bits per heavy atom. The second-order valence-electron chi connectivity index (χ2n) is 11.2. The summed E-state index contributed by atoms with van der Waals surface area (Å²) in [7, 11) is -1.32. The predicted molar refractivity (Wildman–Crippen MR) is 140 cm³/mol. The van der Waals surface area contributed by atoms with Crippen molar-refractivity contribution in [1.29, 1.82) is 0 Å². The van der Waals surface area contributed by atoms with Crippen LogP contribution in [-0.4, -0.2) is 97.3 Å². The number of carbonyl (C=O) groups excluding carboxylic acids is 2. The SMILES string of the molecule is CCN(C1CCN(S(C)(=O)=O)CC1)C1CC(Cl)CC(C(=O)NCC2C(=O)N(C)C(C)CC2C)C1C. The minimum Gasteiger partial charge on any atom is -0.355 e. The van der Waals surface area contributed by atoms with Crippen molar-refractivity contribution in [1.82, 2.24) is 19.4 Å². The molecule has 10 heteroatoms. The van der Waals surface area contributed by atoms with Gasteiger partial charge in [-0.15, -0.1) is 11.6 Å². The van der Waals surface area contributed by atoms with Crippen LogP contribution in [0.25, 0.3) is 0 Å². The zero-order chi connectivity index (χ0) is 26.1. The molecule has 1 saturated carbocycles. The Morgan fingerprint density at radius 1 is 1.14 bits per heavy atom. The van der Waals surface area contributed by atoms with Crippen LogP contribution in [0.4, 0.5) is 0 Å². The van der Waals surface area contributed by atoms with Gasteiger partial charge in [0.25, 0.3) is 0 Å². The number of sulfonamides is 1. The lowest BCUT2D eigenvalue weighted by atomic mass is 9.74. The van der Waals surface area contributed by atoms with E-state index in [0.717, 1.165) is 32.2 Å². The minimum absolute atomic E-state index is 0.00271.